The van der Waals surface area contributed by atoms with Crippen LogP contribution in [0.5, 0.6) is 0 Å². The molecule has 0 spiro atoms. The molecule has 0 radical (unpaired) electrons. The SMILES string of the molecule is CCCCCCCCC(CC)C(C)C1CCCC(CCCC)CC(CC)C(C(C)C)CCC1. The monoisotopic (exact) mass is 463 g/mol. The Labute approximate surface area is 211 Å². The number of hydrogen-bond donors (Lipinski definition) is 0. The topological polar surface area (TPSA) is 0 Å². The summed E-state index contributed by atoms with van der Waals surface area (Å²) in [6, 6.07) is 0. The van der Waals surface area contributed by atoms with E-state index in [4.69, 9.17) is 0 Å². The van der Waals surface area contributed by atoms with Gasteiger partial charge >= 0.3 is 0 Å². The molecule has 0 saturated heterocycles. The van der Waals surface area contributed by atoms with Crippen molar-refractivity contribution in [1.82, 2.24) is 0 Å². The molecule has 0 aromatic carbocycles. The fourth-order valence-corrected chi connectivity index (χ4v) is 7.42. The fourth-order valence-electron chi connectivity index (χ4n) is 7.42. The van der Waals surface area contributed by atoms with Gasteiger partial charge in [0, 0.05) is 0 Å². The van der Waals surface area contributed by atoms with E-state index in [1.807, 2.05) is 0 Å². The third kappa shape index (κ3) is 12.5. The van der Waals surface area contributed by atoms with Gasteiger partial charge in [-0.05, 0) is 54.3 Å². The highest BCUT2D eigenvalue weighted by Gasteiger charge is 2.29. The first-order valence-corrected chi connectivity index (χ1v) is 16.0. The highest BCUT2D eigenvalue weighted by molar-refractivity contribution is 4.80. The highest BCUT2D eigenvalue weighted by Crippen LogP contribution is 2.40. The van der Waals surface area contributed by atoms with Crippen LogP contribution in [0.4, 0.5) is 0 Å². The fraction of sp³-hybridized carbons (Fsp3) is 1.00. The molecule has 1 saturated carbocycles. The van der Waals surface area contributed by atoms with Crippen molar-refractivity contribution in [2.24, 2.45) is 41.4 Å². The summed E-state index contributed by atoms with van der Waals surface area (Å²) in [5, 5.41) is 0. The molecule has 0 heteroatoms. The first kappa shape index (κ1) is 31.0. The van der Waals surface area contributed by atoms with Crippen molar-refractivity contribution < 1.29 is 0 Å². The van der Waals surface area contributed by atoms with E-state index in [0.717, 1.165) is 41.4 Å². The predicted octanol–water partition coefficient (Wildman–Crippen LogP) is 11.9. The van der Waals surface area contributed by atoms with Crippen LogP contribution in [0.25, 0.3) is 0 Å². The first-order valence-electron chi connectivity index (χ1n) is 16.0. The van der Waals surface area contributed by atoms with E-state index in [1.165, 1.54) is 122 Å². The van der Waals surface area contributed by atoms with Crippen LogP contribution in [0.1, 0.15) is 170 Å². The van der Waals surface area contributed by atoms with Gasteiger partial charge in [0.25, 0.3) is 0 Å². The molecule has 0 nitrogen and oxygen atoms in total. The molecule has 198 valence electrons. The molecule has 0 heterocycles. The van der Waals surface area contributed by atoms with E-state index in [1.54, 1.807) is 0 Å². The Morgan fingerprint density at radius 3 is 1.94 bits per heavy atom. The molecule has 33 heavy (non-hydrogen) atoms. The van der Waals surface area contributed by atoms with E-state index in [9.17, 15) is 0 Å². The maximum absolute atomic E-state index is 2.65. The van der Waals surface area contributed by atoms with E-state index in [-0.39, 0.29) is 0 Å². The molecular weight excluding hydrogens is 396 g/mol. The molecule has 0 amide bonds. The van der Waals surface area contributed by atoms with Crippen LogP contribution >= 0.6 is 0 Å². The second kappa shape index (κ2) is 19.2. The average molecular weight is 463 g/mol. The quantitative estimate of drug-likeness (QED) is 0.212. The van der Waals surface area contributed by atoms with Crippen molar-refractivity contribution >= 4 is 0 Å². The van der Waals surface area contributed by atoms with Crippen LogP contribution in [0.15, 0.2) is 0 Å². The van der Waals surface area contributed by atoms with E-state index >= 15 is 0 Å². The van der Waals surface area contributed by atoms with Gasteiger partial charge in [-0.15, -0.1) is 0 Å². The van der Waals surface area contributed by atoms with E-state index in [2.05, 4.69) is 48.5 Å². The summed E-state index contributed by atoms with van der Waals surface area (Å²) < 4.78 is 0. The molecule has 6 atom stereocenters. The zero-order valence-electron chi connectivity index (χ0n) is 24.5. The molecule has 0 N–H and O–H groups in total. The van der Waals surface area contributed by atoms with Gasteiger partial charge in [0.15, 0.2) is 0 Å². The van der Waals surface area contributed by atoms with Gasteiger partial charge in [0.2, 0.25) is 0 Å². The molecule has 0 aromatic heterocycles. The third-order valence-corrected chi connectivity index (χ3v) is 9.83. The van der Waals surface area contributed by atoms with Crippen molar-refractivity contribution in [3.8, 4) is 0 Å². The Balaban J connectivity index is 2.76. The lowest BCUT2D eigenvalue weighted by atomic mass is 9.73. The lowest BCUT2D eigenvalue weighted by Gasteiger charge is -2.33. The zero-order chi connectivity index (χ0) is 24.5. The minimum Gasteiger partial charge on any atom is -0.0654 e. The van der Waals surface area contributed by atoms with Gasteiger partial charge < -0.3 is 0 Å². The van der Waals surface area contributed by atoms with Crippen LogP contribution in [-0.2, 0) is 0 Å². The summed E-state index contributed by atoms with van der Waals surface area (Å²) in [6.45, 7) is 17.3. The Morgan fingerprint density at radius 2 is 1.33 bits per heavy atom. The maximum Gasteiger partial charge on any atom is -0.0363 e. The van der Waals surface area contributed by atoms with Crippen LogP contribution < -0.4 is 0 Å². The molecule has 0 aromatic rings. The lowest BCUT2D eigenvalue weighted by molar-refractivity contribution is 0.176. The molecule has 0 bridgehead atoms. The van der Waals surface area contributed by atoms with Gasteiger partial charge in [-0.25, -0.2) is 0 Å². The predicted molar refractivity (Wildman–Crippen MR) is 152 cm³/mol. The van der Waals surface area contributed by atoms with Crippen LogP contribution in [0.2, 0.25) is 0 Å². The van der Waals surface area contributed by atoms with Crippen LogP contribution in [-0.4, -0.2) is 0 Å². The van der Waals surface area contributed by atoms with E-state index < -0.39 is 0 Å². The van der Waals surface area contributed by atoms with Crippen molar-refractivity contribution in [2.75, 3.05) is 0 Å². The normalized spacial score (nSPS) is 27.3. The number of unbranched alkanes of at least 4 members (excludes halogenated alkanes) is 6. The summed E-state index contributed by atoms with van der Waals surface area (Å²) in [7, 11) is 0. The number of rotatable bonds is 15. The second-order valence-corrected chi connectivity index (χ2v) is 12.5. The molecule has 1 fully saturated rings. The zero-order valence-corrected chi connectivity index (χ0v) is 24.5. The molecule has 0 aliphatic heterocycles. The average Bonchev–Trinajstić information content (AvgIpc) is 2.85. The van der Waals surface area contributed by atoms with Gasteiger partial charge in [0.05, 0.1) is 0 Å². The lowest BCUT2D eigenvalue weighted by Crippen LogP contribution is -2.23. The first-order chi connectivity index (χ1) is 16.0. The molecule has 1 aliphatic carbocycles. The van der Waals surface area contributed by atoms with Crippen molar-refractivity contribution in [3.05, 3.63) is 0 Å². The van der Waals surface area contributed by atoms with Crippen molar-refractivity contribution in [2.45, 2.75) is 170 Å². The Bertz CT molecular complexity index is 424. The summed E-state index contributed by atoms with van der Waals surface area (Å²) >= 11 is 0. The van der Waals surface area contributed by atoms with Crippen LogP contribution in [0.3, 0.4) is 0 Å². The van der Waals surface area contributed by atoms with Crippen molar-refractivity contribution in [1.29, 1.82) is 0 Å². The summed E-state index contributed by atoms with van der Waals surface area (Å²) in [4.78, 5) is 0. The smallest absolute Gasteiger partial charge is 0.0363 e. The largest absolute Gasteiger partial charge is 0.0654 e. The second-order valence-electron chi connectivity index (χ2n) is 12.5. The minimum atomic E-state index is 0.856. The van der Waals surface area contributed by atoms with Gasteiger partial charge in [0.1, 0.15) is 0 Å². The van der Waals surface area contributed by atoms with Gasteiger partial charge in [-0.1, -0.05) is 158 Å². The summed E-state index contributed by atoms with van der Waals surface area (Å²) in [5.74, 6) is 6.65. The molecule has 6 unspecified atom stereocenters. The standard InChI is InChI=1S/C33H66/c1-8-12-14-15-16-17-22-30(10-3)28(7)32-23-18-21-29(20-13-9-2)26-31(11-4)33(27(5)6)25-19-24-32/h27-33H,8-26H2,1-7H3. The maximum atomic E-state index is 2.65. The van der Waals surface area contributed by atoms with Gasteiger partial charge in [-0.2, -0.15) is 0 Å². The Morgan fingerprint density at radius 1 is 0.697 bits per heavy atom. The highest BCUT2D eigenvalue weighted by atomic mass is 14.3. The Hall–Kier alpha value is 0. The molecular formula is C33H66. The summed E-state index contributed by atoms with van der Waals surface area (Å²) in [5.41, 5.74) is 0. The minimum absolute atomic E-state index is 0.856. The van der Waals surface area contributed by atoms with Crippen LogP contribution in [0, 0.1) is 41.4 Å². The van der Waals surface area contributed by atoms with E-state index in [0.29, 0.717) is 0 Å². The molecule has 1 rings (SSSR count). The summed E-state index contributed by atoms with van der Waals surface area (Å²) in [6.07, 6.45) is 27.8. The number of hydrogen-bond acceptors (Lipinski definition) is 0. The third-order valence-electron chi connectivity index (χ3n) is 9.83. The molecule has 1 aliphatic rings. The Kier molecular flexibility index (Phi) is 18.1. The van der Waals surface area contributed by atoms with Crippen molar-refractivity contribution in [3.63, 3.8) is 0 Å². The van der Waals surface area contributed by atoms with Gasteiger partial charge in [-0.3, -0.25) is 0 Å².